The van der Waals surface area contributed by atoms with Gasteiger partial charge in [0.1, 0.15) is 5.82 Å². The minimum absolute atomic E-state index is 0.0344. The molecule has 0 saturated heterocycles. The number of aliphatic hydroxyl groups excluding tert-OH is 1. The third-order valence-electron chi connectivity index (χ3n) is 1.92. The van der Waals surface area contributed by atoms with Gasteiger partial charge in [-0.25, -0.2) is 4.39 Å². The minimum Gasteiger partial charge on any atom is -0.396 e. The topological polar surface area (TPSA) is 63.4 Å². The molecule has 0 radical (unpaired) electrons. The molecule has 0 atom stereocenters. The van der Waals surface area contributed by atoms with Crippen LogP contribution in [0.1, 0.15) is 12.0 Å². The maximum atomic E-state index is 13.2. The van der Waals surface area contributed by atoms with Crippen LogP contribution in [0.15, 0.2) is 12.1 Å². The van der Waals surface area contributed by atoms with Crippen molar-refractivity contribution in [2.45, 2.75) is 12.8 Å². The van der Waals surface area contributed by atoms with E-state index in [4.69, 9.17) is 5.11 Å². The number of aryl methyl sites for hydroxylation is 1. The van der Waals surface area contributed by atoms with E-state index in [0.29, 0.717) is 6.07 Å². The summed E-state index contributed by atoms with van der Waals surface area (Å²) in [5.74, 6) is -1.88. The Balaban J connectivity index is 3.02. The Morgan fingerprint density at radius 3 is 2.53 bits per heavy atom. The molecule has 0 aromatic heterocycles. The van der Waals surface area contributed by atoms with Gasteiger partial charge in [-0.2, -0.15) is 4.39 Å². The van der Waals surface area contributed by atoms with E-state index in [1.165, 1.54) is 0 Å². The Morgan fingerprint density at radius 2 is 2.00 bits per heavy atom. The van der Waals surface area contributed by atoms with E-state index >= 15 is 0 Å². The molecule has 0 saturated carbocycles. The summed E-state index contributed by atoms with van der Waals surface area (Å²) in [7, 11) is 0. The standard InChI is InChI=1S/C9H9F2NO3/c10-7-5-9(12(14)15)8(11)4-6(7)2-1-3-13/h4-5,13H,1-3H2. The van der Waals surface area contributed by atoms with Crippen molar-refractivity contribution in [2.75, 3.05) is 6.61 Å². The van der Waals surface area contributed by atoms with E-state index in [2.05, 4.69) is 0 Å². The monoisotopic (exact) mass is 217 g/mol. The molecule has 82 valence electrons. The number of halogens is 2. The van der Waals surface area contributed by atoms with Crippen LogP contribution in [-0.2, 0) is 6.42 Å². The zero-order valence-electron chi connectivity index (χ0n) is 7.74. The average molecular weight is 217 g/mol. The number of nitro benzene ring substituents is 1. The Labute approximate surface area is 84.3 Å². The highest BCUT2D eigenvalue weighted by molar-refractivity contribution is 5.36. The van der Waals surface area contributed by atoms with Gasteiger partial charge in [0.15, 0.2) is 0 Å². The molecule has 0 aliphatic rings. The number of hydrogen-bond donors (Lipinski definition) is 1. The molecule has 0 aliphatic carbocycles. The Morgan fingerprint density at radius 1 is 1.33 bits per heavy atom. The van der Waals surface area contributed by atoms with Crippen LogP contribution in [0.5, 0.6) is 0 Å². The first-order valence-corrected chi connectivity index (χ1v) is 4.29. The van der Waals surface area contributed by atoms with E-state index < -0.39 is 22.2 Å². The second-order valence-electron chi connectivity index (χ2n) is 2.98. The zero-order valence-corrected chi connectivity index (χ0v) is 7.74. The highest BCUT2D eigenvalue weighted by Gasteiger charge is 2.17. The van der Waals surface area contributed by atoms with Crippen molar-refractivity contribution in [1.29, 1.82) is 0 Å². The molecule has 0 fully saturated rings. The molecule has 1 aromatic carbocycles. The SMILES string of the molecule is O=[N+]([O-])c1cc(F)c(CCCO)cc1F. The Kier molecular flexibility index (Phi) is 3.68. The zero-order chi connectivity index (χ0) is 11.4. The molecule has 1 rings (SSSR count). The van der Waals surface area contributed by atoms with Gasteiger partial charge < -0.3 is 5.11 Å². The van der Waals surface area contributed by atoms with E-state index in [1.54, 1.807) is 0 Å². The molecule has 0 unspecified atom stereocenters. The van der Waals surface area contributed by atoms with Gasteiger partial charge in [0.05, 0.1) is 11.0 Å². The summed E-state index contributed by atoms with van der Waals surface area (Å²) in [6, 6.07) is 1.35. The molecule has 6 heteroatoms. The van der Waals surface area contributed by atoms with Gasteiger partial charge in [-0.15, -0.1) is 0 Å². The van der Waals surface area contributed by atoms with Crippen molar-refractivity contribution in [3.8, 4) is 0 Å². The predicted molar refractivity (Wildman–Crippen MR) is 48.4 cm³/mol. The Bertz CT molecular complexity index is 382. The predicted octanol–water partition coefficient (Wildman–Crippen LogP) is 1.80. The van der Waals surface area contributed by atoms with Crippen LogP contribution in [0.4, 0.5) is 14.5 Å². The summed E-state index contributed by atoms with van der Waals surface area (Å²) in [6.45, 7) is -0.141. The number of nitrogens with zero attached hydrogens (tertiary/aromatic N) is 1. The van der Waals surface area contributed by atoms with Crippen molar-refractivity contribution in [3.05, 3.63) is 39.4 Å². The first-order valence-electron chi connectivity index (χ1n) is 4.29. The molecule has 0 bridgehead atoms. The highest BCUT2D eigenvalue weighted by Crippen LogP contribution is 2.22. The molecule has 1 N–H and O–H groups in total. The van der Waals surface area contributed by atoms with Gasteiger partial charge in [-0.1, -0.05) is 0 Å². The van der Waals surface area contributed by atoms with Gasteiger partial charge in [0.25, 0.3) is 0 Å². The van der Waals surface area contributed by atoms with E-state index in [0.717, 1.165) is 6.07 Å². The van der Waals surface area contributed by atoms with Crippen molar-refractivity contribution in [3.63, 3.8) is 0 Å². The third kappa shape index (κ3) is 2.69. The molecule has 1 aromatic rings. The smallest absolute Gasteiger partial charge is 0.307 e. The summed E-state index contributed by atoms with van der Waals surface area (Å²) in [5.41, 5.74) is -0.840. The third-order valence-corrected chi connectivity index (χ3v) is 1.92. The van der Waals surface area contributed by atoms with Crippen LogP contribution in [0.25, 0.3) is 0 Å². The fraction of sp³-hybridized carbons (Fsp3) is 0.333. The Hall–Kier alpha value is -1.56. The lowest BCUT2D eigenvalue weighted by Crippen LogP contribution is -1.99. The first kappa shape index (κ1) is 11.5. The number of hydrogen-bond acceptors (Lipinski definition) is 3. The van der Waals surface area contributed by atoms with Crippen LogP contribution in [-0.4, -0.2) is 16.6 Å². The normalized spacial score (nSPS) is 10.3. The lowest BCUT2D eigenvalue weighted by atomic mass is 10.1. The lowest BCUT2D eigenvalue weighted by molar-refractivity contribution is -0.387. The van der Waals surface area contributed by atoms with Gasteiger partial charge in [-0.05, 0) is 24.5 Å². The maximum absolute atomic E-state index is 13.2. The maximum Gasteiger partial charge on any atom is 0.307 e. The second-order valence-corrected chi connectivity index (χ2v) is 2.98. The van der Waals surface area contributed by atoms with E-state index in [1.807, 2.05) is 0 Å². The summed E-state index contributed by atoms with van der Waals surface area (Å²) >= 11 is 0. The van der Waals surface area contributed by atoms with Gasteiger partial charge in [0, 0.05) is 6.61 Å². The van der Waals surface area contributed by atoms with Crippen molar-refractivity contribution < 1.29 is 18.8 Å². The van der Waals surface area contributed by atoms with Gasteiger partial charge >= 0.3 is 5.69 Å². The largest absolute Gasteiger partial charge is 0.396 e. The number of rotatable bonds is 4. The minimum atomic E-state index is -1.06. The number of aliphatic hydroxyl groups is 1. The van der Waals surface area contributed by atoms with Gasteiger partial charge in [-0.3, -0.25) is 10.1 Å². The van der Waals surface area contributed by atoms with Crippen LogP contribution in [0, 0.1) is 21.7 Å². The fourth-order valence-corrected chi connectivity index (χ4v) is 1.18. The van der Waals surface area contributed by atoms with E-state index in [-0.39, 0.29) is 25.0 Å². The summed E-state index contributed by atoms with van der Waals surface area (Å²) in [6.07, 6.45) is 0.436. The highest BCUT2D eigenvalue weighted by atomic mass is 19.1. The number of nitro groups is 1. The van der Waals surface area contributed by atoms with Crippen LogP contribution >= 0.6 is 0 Å². The molecule has 0 aliphatic heterocycles. The fourth-order valence-electron chi connectivity index (χ4n) is 1.18. The van der Waals surface area contributed by atoms with Crippen molar-refractivity contribution in [1.82, 2.24) is 0 Å². The average Bonchev–Trinajstić information content (AvgIpc) is 2.18. The molecule has 0 amide bonds. The molecule has 0 heterocycles. The van der Waals surface area contributed by atoms with E-state index in [9.17, 15) is 18.9 Å². The molecular weight excluding hydrogens is 208 g/mol. The molecule has 0 spiro atoms. The van der Waals surface area contributed by atoms with Crippen molar-refractivity contribution >= 4 is 5.69 Å². The quantitative estimate of drug-likeness (QED) is 0.617. The lowest BCUT2D eigenvalue weighted by Gasteiger charge is -2.02. The second kappa shape index (κ2) is 4.79. The van der Waals surface area contributed by atoms with Crippen LogP contribution < -0.4 is 0 Å². The number of benzene rings is 1. The van der Waals surface area contributed by atoms with Crippen LogP contribution in [0.2, 0.25) is 0 Å². The molecular formula is C9H9F2NO3. The molecule has 15 heavy (non-hydrogen) atoms. The van der Waals surface area contributed by atoms with Gasteiger partial charge in [0.2, 0.25) is 5.82 Å². The van der Waals surface area contributed by atoms with Crippen LogP contribution in [0.3, 0.4) is 0 Å². The summed E-state index contributed by atoms with van der Waals surface area (Å²) in [4.78, 5) is 9.28. The molecule has 4 nitrogen and oxygen atoms in total. The summed E-state index contributed by atoms with van der Waals surface area (Å²) < 4.78 is 26.2. The first-order chi connectivity index (χ1) is 7.06. The van der Waals surface area contributed by atoms with Crippen molar-refractivity contribution in [2.24, 2.45) is 0 Å². The summed E-state index contributed by atoms with van der Waals surface area (Å²) in [5, 5.41) is 18.8.